The fourth-order valence-corrected chi connectivity index (χ4v) is 1.65. The van der Waals surface area contributed by atoms with Gasteiger partial charge in [0.2, 0.25) is 0 Å². The summed E-state index contributed by atoms with van der Waals surface area (Å²) in [6.07, 6.45) is 3.33. The number of hydrogen-bond acceptors (Lipinski definition) is 3. The summed E-state index contributed by atoms with van der Waals surface area (Å²) in [6, 6.07) is 9.75. The normalized spacial score (nSPS) is 10.0. The van der Waals surface area contributed by atoms with E-state index in [0.29, 0.717) is 11.6 Å². The van der Waals surface area contributed by atoms with Crippen molar-refractivity contribution < 1.29 is 4.74 Å². The lowest BCUT2D eigenvalue weighted by atomic mass is 10.2. The Labute approximate surface area is 105 Å². The highest BCUT2D eigenvalue weighted by atomic mass is 35.5. The maximum Gasteiger partial charge on any atom is 0.118 e. The Kier molecular flexibility index (Phi) is 3.83. The second kappa shape index (κ2) is 5.55. The number of methoxy groups -OCH3 is 1. The molecule has 1 N–H and O–H groups in total. The van der Waals surface area contributed by atoms with Gasteiger partial charge >= 0.3 is 0 Å². The van der Waals surface area contributed by atoms with Gasteiger partial charge in [0.05, 0.1) is 17.8 Å². The lowest BCUT2D eigenvalue weighted by molar-refractivity contribution is 0.414. The first-order valence-corrected chi connectivity index (χ1v) is 5.63. The van der Waals surface area contributed by atoms with Crippen molar-refractivity contribution >= 4 is 17.3 Å². The smallest absolute Gasteiger partial charge is 0.118 e. The van der Waals surface area contributed by atoms with Gasteiger partial charge in [-0.3, -0.25) is 4.98 Å². The largest absolute Gasteiger partial charge is 0.497 e. The molecular formula is C13H13ClN2O. The van der Waals surface area contributed by atoms with Gasteiger partial charge in [-0.25, -0.2) is 0 Å². The van der Waals surface area contributed by atoms with E-state index in [0.717, 1.165) is 11.4 Å². The van der Waals surface area contributed by atoms with E-state index >= 15 is 0 Å². The minimum atomic E-state index is 0.626. The molecule has 2 rings (SSSR count). The van der Waals surface area contributed by atoms with Crippen LogP contribution in [0, 0.1) is 0 Å². The standard InChI is InChI=1S/C13H13ClN2O/c1-17-11-4-2-10(3-5-11)8-16-13-6-7-15-9-12(13)14/h2-7,9H,8H2,1H3,(H,15,16). The van der Waals surface area contributed by atoms with Gasteiger partial charge in [-0.05, 0) is 23.8 Å². The van der Waals surface area contributed by atoms with Gasteiger partial charge in [-0.1, -0.05) is 23.7 Å². The summed E-state index contributed by atoms with van der Waals surface area (Å²) in [5, 5.41) is 3.88. The average Bonchev–Trinajstić information content (AvgIpc) is 2.38. The number of ether oxygens (including phenoxy) is 1. The Bertz CT molecular complexity index is 485. The summed E-state index contributed by atoms with van der Waals surface area (Å²) in [5.41, 5.74) is 2.05. The molecule has 0 aliphatic carbocycles. The predicted octanol–water partition coefficient (Wildman–Crippen LogP) is 3.36. The lowest BCUT2D eigenvalue weighted by Gasteiger charge is -2.08. The van der Waals surface area contributed by atoms with Crippen LogP contribution in [0.2, 0.25) is 5.02 Å². The van der Waals surface area contributed by atoms with E-state index in [-0.39, 0.29) is 0 Å². The van der Waals surface area contributed by atoms with Crippen molar-refractivity contribution in [1.82, 2.24) is 4.98 Å². The topological polar surface area (TPSA) is 34.1 Å². The third-order valence-corrected chi connectivity index (χ3v) is 2.72. The monoisotopic (exact) mass is 248 g/mol. The molecular weight excluding hydrogens is 236 g/mol. The molecule has 17 heavy (non-hydrogen) atoms. The number of pyridine rings is 1. The highest BCUT2D eigenvalue weighted by Crippen LogP contribution is 2.20. The number of benzene rings is 1. The van der Waals surface area contributed by atoms with Crippen LogP contribution in [0.25, 0.3) is 0 Å². The van der Waals surface area contributed by atoms with Crippen LogP contribution in [0.5, 0.6) is 5.75 Å². The first-order chi connectivity index (χ1) is 8.29. The molecule has 1 heterocycles. The summed E-state index contributed by atoms with van der Waals surface area (Å²) in [4.78, 5) is 3.93. The number of nitrogens with zero attached hydrogens (tertiary/aromatic N) is 1. The lowest BCUT2D eigenvalue weighted by Crippen LogP contribution is -2.00. The molecule has 2 aromatic rings. The molecule has 1 aromatic carbocycles. The Morgan fingerprint density at radius 3 is 2.65 bits per heavy atom. The van der Waals surface area contributed by atoms with Crippen LogP contribution < -0.4 is 10.1 Å². The Morgan fingerprint density at radius 1 is 1.24 bits per heavy atom. The van der Waals surface area contributed by atoms with Gasteiger partial charge in [0.1, 0.15) is 5.75 Å². The highest BCUT2D eigenvalue weighted by Gasteiger charge is 1.99. The van der Waals surface area contributed by atoms with E-state index in [9.17, 15) is 0 Å². The van der Waals surface area contributed by atoms with Gasteiger partial charge in [0, 0.05) is 18.9 Å². The highest BCUT2D eigenvalue weighted by molar-refractivity contribution is 6.33. The zero-order valence-electron chi connectivity index (χ0n) is 9.48. The van der Waals surface area contributed by atoms with E-state index in [1.807, 2.05) is 30.3 Å². The predicted molar refractivity (Wildman–Crippen MR) is 69.6 cm³/mol. The quantitative estimate of drug-likeness (QED) is 0.901. The third-order valence-electron chi connectivity index (χ3n) is 2.41. The van der Waals surface area contributed by atoms with E-state index in [1.54, 1.807) is 19.5 Å². The molecule has 0 amide bonds. The summed E-state index contributed by atoms with van der Waals surface area (Å²) >= 11 is 5.99. The Morgan fingerprint density at radius 2 is 2.00 bits per heavy atom. The zero-order chi connectivity index (χ0) is 12.1. The number of hydrogen-bond donors (Lipinski definition) is 1. The molecule has 0 saturated heterocycles. The molecule has 0 saturated carbocycles. The van der Waals surface area contributed by atoms with Crippen LogP contribution in [-0.2, 0) is 6.54 Å². The number of rotatable bonds is 4. The van der Waals surface area contributed by atoms with Crippen molar-refractivity contribution in [3.05, 3.63) is 53.3 Å². The first kappa shape index (κ1) is 11.7. The zero-order valence-corrected chi connectivity index (χ0v) is 10.2. The second-order valence-corrected chi connectivity index (χ2v) is 3.96. The second-order valence-electron chi connectivity index (χ2n) is 3.56. The van der Waals surface area contributed by atoms with Crippen LogP contribution in [0.3, 0.4) is 0 Å². The molecule has 4 heteroatoms. The molecule has 0 unspecified atom stereocenters. The molecule has 0 fully saturated rings. The fraction of sp³-hybridized carbons (Fsp3) is 0.154. The van der Waals surface area contributed by atoms with Crippen molar-refractivity contribution in [3.8, 4) is 5.75 Å². The molecule has 88 valence electrons. The summed E-state index contributed by atoms with van der Waals surface area (Å²) in [6.45, 7) is 0.716. The van der Waals surface area contributed by atoms with Gasteiger partial charge in [-0.2, -0.15) is 0 Å². The van der Waals surface area contributed by atoms with E-state index in [4.69, 9.17) is 16.3 Å². The minimum absolute atomic E-state index is 0.626. The number of anilines is 1. The van der Waals surface area contributed by atoms with Crippen molar-refractivity contribution in [2.45, 2.75) is 6.54 Å². The molecule has 0 spiro atoms. The minimum Gasteiger partial charge on any atom is -0.497 e. The van der Waals surface area contributed by atoms with Gasteiger partial charge < -0.3 is 10.1 Å². The molecule has 0 bridgehead atoms. The molecule has 1 aromatic heterocycles. The van der Waals surface area contributed by atoms with E-state index in [1.165, 1.54) is 5.56 Å². The van der Waals surface area contributed by atoms with Gasteiger partial charge in [0.25, 0.3) is 0 Å². The van der Waals surface area contributed by atoms with Crippen LogP contribution in [0.4, 0.5) is 5.69 Å². The maximum absolute atomic E-state index is 5.99. The van der Waals surface area contributed by atoms with Crippen molar-refractivity contribution in [2.24, 2.45) is 0 Å². The van der Waals surface area contributed by atoms with Crippen LogP contribution in [0.15, 0.2) is 42.7 Å². The number of halogens is 1. The van der Waals surface area contributed by atoms with E-state index < -0.39 is 0 Å². The first-order valence-electron chi connectivity index (χ1n) is 5.26. The summed E-state index contributed by atoms with van der Waals surface area (Å²) in [5.74, 6) is 0.857. The SMILES string of the molecule is COc1ccc(CNc2ccncc2Cl)cc1. The van der Waals surface area contributed by atoms with Crippen molar-refractivity contribution in [1.29, 1.82) is 0 Å². The van der Waals surface area contributed by atoms with Crippen LogP contribution in [-0.4, -0.2) is 12.1 Å². The van der Waals surface area contributed by atoms with Crippen molar-refractivity contribution in [2.75, 3.05) is 12.4 Å². The Hall–Kier alpha value is -1.74. The third kappa shape index (κ3) is 3.11. The average molecular weight is 249 g/mol. The van der Waals surface area contributed by atoms with Crippen LogP contribution >= 0.6 is 11.6 Å². The van der Waals surface area contributed by atoms with Gasteiger partial charge in [-0.15, -0.1) is 0 Å². The molecule has 3 nitrogen and oxygen atoms in total. The molecule has 0 radical (unpaired) electrons. The number of aromatic nitrogens is 1. The summed E-state index contributed by atoms with van der Waals surface area (Å²) in [7, 11) is 1.66. The molecule has 0 atom stereocenters. The maximum atomic E-state index is 5.99. The van der Waals surface area contributed by atoms with Crippen LogP contribution in [0.1, 0.15) is 5.56 Å². The summed E-state index contributed by atoms with van der Waals surface area (Å²) < 4.78 is 5.10. The van der Waals surface area contributed by atoms with Gasteiger partial charge in [0.15, 0.2) is 0 Å². The fourth-order valence-electron chi connectivity index (χ4n) is 1.46. The molecule has 0 aliphatic heterocycles. The van der Waals surface area contributed by atoms with E-state index in [2.05, 4.69) is 10.3 Å². The molecule has 0 aliphatic rings. The number of nitrogens with one attached hydrogen (secondary N) is 1. The Balaban J connectivity index is 2.00. The van der Waals surface area contributed by atoms with Crippen molar-refractivity contribution in [3.63, 3.8) is 0 Å².